The Morgan fingerprint density at radius 2 is 1.70 bits per heavy atom. The Morgan fingerprint density at radius 1 is 1.10 bits per heavy atom. The summed E-state index contributed by atoms with van der Waals surface area (Å²) in [5.74, 6) is -0.583. The summed E-state index contributed by atoms with van der Waals surface area (Å²) in [6, 6.07) is 7.95. The zero-order valence-electron chi connectivity index (χ0n) is 10.1. The molecule has 0 bridgehead atoms. The van der Waals surface area contributed by atoms with Crippen molar-refractivity contribution >= 4 is 38.7 Å². The smallest absolute Gasteiger partial charge is 0.188 e. The van der Waals surface area contributed by atoms with E-state index in [2.05, 4.69) is 6.58 Å². The Morgan fingerprint density at radius 3 is 2.25 bits per heavy atom. The number of fused-ring (bicyclic) bond motifs is 1. The molecule has 0 fully saturated rings. The Balaban J connectivity index is 3.03. The Bertz CT molecular complexity index is 767. The lowest BCUT2D eigenvalue weighted by atomic mass is 10.0. The maximum atomic E-state index is 11.8. The van der Waals surface area contributed by atoms with E-state index in [0.29, 0.717) is 10.8 Å². The van der Waals surface area contributed by atoms with Crippen molar-refractivity contribution in [2.45, 2.75) is 9.79 Å². The number of benzene rings is 2. The van der Waals surface area contributed by atoms with Crippen molar-refractivity contribution in [3.8, 4) is 0 Å². The van der Waals surface area contributed by atoms with Crippen LogP contribution in [-0.4, -0.2) is 23.3 Å². The highest BCUT2D eigenvalue weighted by atomic mass is 32.2. The summed E-state index contributed by atoms with van der Waals surface area (Å²) in [7, 11) is 0. The van der Waals surface area contributed by atoms with Crippen molar-refractivity contribution in [1.82, 2.24) is 0 Å². The first kappa shape index (κ1) is 14.7. The molecule has 0 aromatic heterocycles. The van der Waals surface area contributed by atoms with E-state index >= 15 is 0 Å². The summed E-state index contributed by atoms with van der Waals surface area (Å²) < 4.78 is 41.8. The van der Waals surface area contributed by atoms with Crippen LogP contribution < -0.4 is 0 Å². The molecule has 0 radical (unpaired) electrons. The Labute approximate surface area is 119 Å². The number of hydrogen-bond donors (Lipinski definition) is 2. The highest BCUT2D eigenvalue weighted by Crippen LogP contribution is 2.31. The molecular weight excluding hydrogens is 300 g/mol. The number of hydrogen-bond acceptors (Lipinski definition) is 3. The normalized spacial score (nSPS) is 13.9. The highest BCUT2D eigenvalue weighted by molar-refractivity contribution is 7.82. The second-order valence-corrected chi connectivity index (χ2v) is 5.68. The van der Waals surface area contributed by atoms with Crippen LogP contribution in [-0.2, 0) is 22.2 Å². The third kappa shape index (κ3) is 2.48. The molecule has 0 aliphatic rings. The molecule has 2 rings (SSSR count). The predicted molar refractivity (Wildman–Crippen MR) is 76.5 cm³/mol. The van der Waals surface area contributed by atoms with Gasteiger partial charge in [0.1, 0.15) is 0 Å². The van der Waals surface area contributed by atoms with Gasteiger partial charge in [-0.25, -0.2) is 8.42 Å². The summed E-state index contributed by atoms with van der Waals surface area (Å²) in [6.45, 7) is 3.32. The van der Waals surface area contributed by atoms with Gasteiger partial charge in [0.25, 0.3) is 0 Å². The molecule has 2 unspecified atom stereocenters. The topological polar surface area (TPSA) is 91.7 Å². The van der Waals surface area contributed by atoms with E-state index < -0.39 is 27.9 Å². The zero-order valence-corrected chi connectivity index (χ0v) is 11.7. The summed E-state index contributed by atoms with van der Waals surface area (Å²) in [5, 5.41) is 0.885. The first-order chi connectivity index (χ1) is 9.47. The monoisotopic (exact) mass is 310 g/mol. The van der Waals surface area contributed by atoms with Gasteiger partial charge in [0.2, 0.25) is 0 Å². The molecule has 20 heavy (non-hydrogen) atoms. The van der Waals surface area contributed by atoms with Crippen LogP contribution in [0.15, 0.2) is 52.8 Å². The van der Waals surface area contributed by atoms with Crippen molar-refractivity contribution in [2.24, 2.45) is 0 Å². The highest BCUT2D eigenvalue weighted by Gasteiger charge is 2.23. The molecule has 7 heteroatoms. The largest absolute Gasteiger partial charge is 0.302 e. The standard InChI is InChI=1S/C13H10O5S2/c1-2-11(14)10-7-8-5-3-4-6-9(8)12(19(15)16)13(10)20(17)18/h2-7H,1H2,(H,15,16)(H,17,18). The molecule has 5 nitrogen and oxygen atoms in total. The van der Waals surface area contributed by atoms with Gasteiger partial charge in [-0.3, -0.25) is 4.79 Å². The quantitative estimate of drug-likeness (QED) is 0.514. The third-order valence-electron chi connectivity index (χ3n) is 2.76. The summed E-state index contributed by atoms with van der Waals surface area (Å²) in [6.07, 6.45) is 0.991. The number of rotatable bonds is 4. The van der Waals surface area contributed by atoms with Crippen LogP contribution in [0.5, 0.6) is 0 Å². The van der Waals surface area contributed by atoms with Crippen LogP contribution in [0.1, 0.15) is 10.4 Å². The third-order valence-corrected chi connectivity index (χ3v) is 4.43. The zero-order chi connectivity index (χ0) is 14.9. The van der Waals surface area contributed by atoms with Crippen molar-refractivity contribution < 1.29 is 22.3 Å². The van der Waals surface area contributed by atoms with Gasteiger partial charge in [0.05, 0.1) is 9.79 Å². The minimum Gasteiger partial charge on any atom is -0.302 e. The molecule has 0 aliphatic heterocycles. The van der Waals surface area contributed by atoms with Crippen molar-refractivity contribution in [2.75, 3.05) is 0 Å². The van der Waals surface area contributed by atoms with Crippen LogP contribution in [0.4, 0.5) is 0 Å². The van der Waals surface area contributed by atoms with E-state index in [9.17, 15) is 22.3 Å². The molecule has 104 valence electrons. The van der Waals surface area contributed by atoms with E-state index in [1.165, 1.54) is 6.07 Å². The van der Waals surface area contributed by atoms with Gasteiger partial charge in [0, 0.05) is 10.9 Å². The number of carbonyl (C=O) groups excluding carboxylic acids is 1. The van der Waals surface area contributed by atoms with Crippen molar-refractivity contribution in [3.05, 3.63) is 48.6 Å². The van der Waals surface area contributed by atoms with Crippen molar-refractivity contribution in [1.29, 1.82) is 0 Å². The SMILES string of the molecule is C=CC(=O)c1cc2ccccc2c(S(=O)O)c1S(=O)O. The fourth-order valence-electron chi connectivity index (χ4n) is 1.94. The molecule has 2 aromatic carbocycles. The van der Waals surface area contributed by atoms with Crippen molar-refractivity contribution in [3.63, 3.8) is 0 Å². The number of carbonyl (C=O) groups is 1. The average molecular weight is 310 g/mol. The summed E-state index contributed by atoms with van der Waals surface area (Å²) in [4.78, 5) is 11.2. The van der Waals surface area contributed by atoms with Gasteiger partial charge in [-0.15, -0.1) is 0 Å². The van der Waals surface area contributed by atoms with Crippen LogP contribution in [0.25, 0.3) is 10.8 Å². The first-order valence-electron chi connectivity index (χ1n) is 5.41. The van der Waals surface area contributed by atoms with E-state index in [0.717, 1.165) is 6.08 Å². The van der Waals surface area contributed by atoms with E-state index in [-0.39, 0.29) is 15.4 Å². The van der Waals surface area contributed by atoms with Gasteiger partial charge < -0.3 is 9.11 Å². The van der Waals surface area contributed by atoms with Gasteiger partial charge in [0.15, 0.2) is 27.9 Å². The minimum absolute atomic E-state index is 0.100. The molecule has 0 amide bonds. The first-order valence-corrected chi connectivity index (χ1v) is 7.63. The summed E-state index contributed by atoms with van der Waals surface area (Å²) >= 11 is -5.08. The molecule has 0 saturated heterocycles. The summed E-state index contributed by atoms with van der Waals surface area (Å²) in [5.41, 5.74) is -0.100. The lowest BCUT2D eigenvalue weighted by molar-refractivity contribution is 0.104. The molecule has 0 heterocycles. The second kappa shape index (κ2) is 5.76. The molecule has 0 spiro atoms. The Kier molecular flexibility index (Phi) is 4.24. The predicted octanol–water partition coefficient (Wildman–Crippen LogP) is 2.37. The molecular formula is C13H10O5S2. The van der Waals surface area contributed by atoms with Gasteiger partial charge in [-0.2, -0.15) is 0 Å². The maximum Gasteiger partial charge on any atom is 0.188 e. The van der Waals surface area contributed by atoms with Crippen LogP contribution in [0.2, 0.25) is 0 Å². The molecule has 2 atom stereocenters. The minimum atomic E-state index is -2.57. The molecule has 2 aromatic rings. The molecule has 2 N–H and O–H groups in total. The second-order valence-electron chi connectivity index (χ2n) is 3.87. The Hall–Kier alpha value is -1.67. The van der Waals surface area contributed by atoms with E-state index in [1.54, 1.807) is 24.3 Å². The number of allylic oxidation sites excluding steroid dienone is 1. The average Bonchev–Trinajstić information content (AvgIpc) is 2.43. The van der Waals surface area contributed by atoms with E-state index in [1.807, 2.05) is 0 Å². The molecule has 0 saturated carbocycles. The lowest BCUT2D eigenvalue weighted by Gasteiger charge is -2.11. The maximum absolute atomic E-state index is 11.8. The fraction of sp³-hybridized carbons (Fsp3) is 0. The molecule has 0 aliphatic carbocycles. The van der Waals surface area contributed by atoms with Gasteiger partial charge in [-0.05, 0) is 17.5 Å². The van der Waals surface area contributed by atoms with Crippen LogP contribution in [0, 0.1) is 0 Å². The fourth-order valence-corrected chi connectivity index (χ4v) is 3.62. The van der Waals surface area contributed by atoms with Gasteiger partial charge in [-0.1, -0.05) is 30.8 Å². The van der Waals surface area contributed by atoms with Gasteiger partial charge >= 0.3 is 0 Å². The van der Waals surface area contributed by atoms with Crippen LogP contribution in [0.3, 0.4) is 0 Å². The van der Waals surface area contributed by atoms with E-state index in [4.69, 9.17) is 0 Å². The van der Waals surface area contributed by atoms with Crippen LogP contribution >= 0.6 is 0 Å². The number of ketones is 1. The lowest BCUT2D eigenvalue weighted by Crippen LogP contribution is -2.08.